The molecule has 7 nitrogen and oxygen atoms in total. The van der Waals surface area contributed by atoms with Crippen LogP contribution in [0.15, 0.2) is 16.6 Å². The van der Waals surface area contributed by atoms with Crippen LogP contribution in [0.3, 0.4) is 0 Å². The Bertz CT molecular complexity index is 644. The maximum atomic E-state index is 11.5. The van der Waals surface area contributed by atoms with Gasteiger partial charge < -0.3 is 15.4 Å². The van der Waals surface area contributed by atoms with E-state index in [0.717, 1.165) is 24.8 Å². The van der Waals surface area contributed by atoms with Crippen LogP contribution in [0.1, 0.15) is 52.5 Å². The zero-order chi connectivity index (χ0) is 19.9. The molecule has 1 rings (SSSR count). The predicted molar refractivity (Wildman–Crippen MR) is 107 cm³/mol. The van der Waals surface area contributed by atoms with E-state index in [1.54, 1.807) is 0 Å². The van der Waals surface area contributed by atoms with Gasteiger partial charge in [0.05, 0.1) is 4.92 Å². The number of nitro groups is 1. The van der Waals surface area contributed by atoms with E-state index in [9.17, 15) is 14.9 Å². The van der Waals surface area contributed by atoms with E-state index in [1.807, 2.05) is 40.7 Å². The number of alkyl carbamates (subject to hydrolysis) is 1. The molecule has 0 radical (unpaired) electrons. The first-order valence-corrected chi connectivity index (χ1v) is 9.47. The molecule has 0 aliphatic heterocycles. The van der Waals surface area contributed by atoms with Gasteiger partial charge in [0.15, 0.2) is 0 Å². The van der Waals surface area contributed by atoms with Crippen molar-refractivity contribution in [2.24, 2.45) is 0 Å². The van der Waals surface area contributed by atoms with Crippen LogP contribution in [-0.2, 0) is 4.74 Å². The van der Waals surface area contributed by atoms with E-state index in [0.29, 0.717) is 16.7 Å². The molecule has 0 aromatic heterocycles. The number of nitrogens with one attached hydrogen (secondary N) is 2. The number of anilines is 1. The van der Waals surface area contributed by atoms with Gasteiger partial charge in [-0.05, 0) is 65.5 Å². The summed E-state index contributed by atoms with van der Waals surface area (Å²) in [7, 11) is 0. The van der Waals surface area contributed by atoms with Crippen molar-refractivity contribution in [3.63, 3.8) is 0 Å². The van der Waals surface area contributed by atoms with Crippen LogP contribution < -0.4 is 10.6 Å². The molecule has 0 saturated heterocycles. The Morgan fingerprint density at radius 2 is 2.00 bits per heavy atom. The molecule has 0 bridgehead atoms. The van der Waals surface area contributed by atoms with Gasteiger partial charge in [-0.1, -0.05) is 15.9 Å². The Morgan fingerprint density at radius 3 is 2.58 bits per heavy atom. The summed E-state index contributed by atoms with van der Waals surface area (Å²) in [5, 5.41) is 17.2. The quantitative estimate of drug-likeness (QED) is 0.338. The average molecular weight is 430 g/mol. The first kappa shape index (κ1) is 22.2. The molecular formula is C18H28BrN3O4. The highest BCUT2D eigenvalue weighted by Gasteiger charge is 2.19. The average Bonchev–Trinajstić information content (AvgIpc) is 2.47. The van der Waals surface area contributed by atoms with Gasteiger partial charge in [0.2, 0.25) is 0 Å². The minimum Gasteiger partial charge on any atom is -0.444 e. The van der Waals surface area contributed by atoms with Crippen LogP contribution >= 0.6 is 15.9 Å². The van der Waals surface area contributed by atoms with Gasteiger partial charge in [-0.25, -0.2) is 4.79 Å². The highest BCUT2D eigenvalue weighted by Crippen LogP contribution is 2.32. The molecule has 26 heavy (non-hydrogen) atoms. The van der Waals surface area contributed by atoms with Crippen molar-refractivity contribution in [2.45, 2.75) is 65.5 Å². The van der Waals surface area contributed by atoms with E-state index in [1.165, 1.54) is 6.07 Å². The van der Waals surface area contributed by atoms with Crippen molar-refractivity contribution in [1.29, 1.82) is 0 Å². The summed E-state index contributed by atoms with van der Waals surface area (Å²) < 4.78 is 5.86. The van der Waals surface area contributed by atoms with E-state index in [4.69, 9.17) is 4.74 Å². The van der Waals surface area contributed by atoms with Crippen LogP contribution in [0.2, 0.25) is 0 Å². The molecule has 0 fully saturated rings. The lowest BCUT2D eigenvalue weighted by molar-refractivity contribution is -0.384. The molecule has 0 saturated carbocycles. The molecule has 1 atom stereocenters. The minimum absolute atomic E-state index is 0.0651. The third-order valence-corrected chi connectivity index (χ3v) is 4.06. The number of aryl methyl sites for hydroxylation is 1. The molecule has 2 N–H and O–H groups in total. The third kappa shape index (κ3) is 8.03. The van der Waals surface area contributed by atoms with Crippen LogP contribution in [0.4, 0.5) is 16.2 Å². The molecule has 1 aromatic carbocycles. The lowest BCUT2D eigenvalue weighted by atomic mass is 10.1. The Morgan fingerprint density at radius 1 is 1.35 bits per heavy atom. The number of unbranched alkanes of at least 4 members (excludes halogenated alkanes) is 1. The van der Waals surface area contributed by atoms with Crippen molar-refractivity contribution in [2.75, 3.05) is 11.9 Å². The van der Waals surface area contributed by atoms with Crippen molar-refractivity contribution < 1.29 is 14.5 Å². The lowest BCUT2D eigenvalue weighted by Crippen LogP contribution is -2.33. The Balaban J connectivity index is 2.43. The second-order valence-electron chi connectivity index (χ2n) is 7.34. The third-order valence-electron chi connectivity index (χ3n) is 3.60. The highest BCUT2D eigenvalue weighted by molar-refractivity contribution is 9.10. The monoisotopic (exact) mass is 429 g/mol. The Hall–Kier alpha value is -1.83. The standard InChI is InChI=1S/C18H28BrN3O4/c1-12-10-14(19)11-15(22(24)25)16(12)21-13(2)8-6-7-9-20-17(23)26-18(3,4)5/h10-11,13,21H,6-9H2,1-5H3,(H,20,23)/t13-/m0/s1. The first-order chi connectivity index (χ1) is 12.0. The number of rotatable bonds is 8. The van der Waals surface area contributed by atoms with E-state index < -0.39 is 11.7 Å². The first-order valence-electron chi connectivity index (χ1n) is 8.67. The lowest BCUT2D eigenvalue weighted by Gasteiger charge is -2.20. The summed E-state index contributed by atoms with van der Waals surface area (Å²) >= 11 is 3.29. The van der Waals surface area contributed by atoms with Crippen LogP contribution in [-0.4, -0.2) is 29.2 Å². The zero-order valence-electron chi connectivity index (χ0n) is 16.0. The number of nitrogens with zero attached hydrogens (tertiary/aromatic N) is 1. The number of carbonyl (C=O) groups excluding carboxylic acids is 1. The second kappa shape index (κ2) is 9.75. The molecule has 0 heterocycles. The number of benzene rings is 1. The number of ether oxygens (including phenoxy) is 1. The van der Waals surface area contributed by atoms with E-state index >= 15 is 0 Å². The Labute approximate surface area is 163 Å². The van der Waals surface area contributed by atoms with Crippen molar-refractivity contribution in [1.82, 2.24) is 5.32 Å². The number of halogens is 1. The topological polar surface area (TPSA) is 93.5 Å². The normalized spacial score (nSPS) is 12.4. The molecule has 0 aliphatic carbocycles. The minimum atomic E-state index is -0.500. The summed E-state index contributed by atoms with van der Waals surface area (Å²) in [4.78, 5) is 22.4. The van der Waals surface area contributed by atoms with Crippen molar-refractivity contribution >= 4 is 33.4 Å². The second-order valence-corrected chi connectivity index (χ2v) is 8.26. The maximum Gasteiger partial charge on any atom is 0.407 e. The van der Waals surface area contributed by atoms with Crippen LogP contribution in [0.5, 0.6) is 0 Å². The molecule has 0 aliphatic rings. The van der Waals surface area contributed by atoms with Gasteiger partial charge in [0.1, 0.15) is 11.3 Å². The van der Waals surface area contributed by atoms with Gasteiger partial charge in [0.25, 0.3) is 5.69 Å². The van der Waals surface area contributed by atoms with Crippen LogP contribution in [0.25, 0.3) is 0 Å². The smallest absolute Gasteiger partial charge is 0.407 e. The summed E-state index contributed by atoms with van der Waals surface area (Å²) in [5.74, 6) is 0. The van der Waals surface area contributed by atoms with Crippen molar-refractivity contribution in [3.8, 4) is 0 Å². The van der Waals surface area contributed by atoms with Gasteiger partial charge >= 0.3 is 6.09 Å². The largest absolute Gasteiger partial charge is 0.444 e. The molecule has 1 amide bonds. The van der Waals surface area contributed by atoms with E-state index in [2.05, 4.69) is 26.6 Å². The summed E-state index contributed by atoms with van der Waals surface area (Å²) in [6.07, 6.45) is 2.12. The molecule has 0 spiro atoms. The summed E-state index contributed by atoms with van der Waals surface area (Å²) in [6, 6.07) is 3.44. The van der Waals surface area contributed by atoms with E-state index in [-0.39, 0.29) is 16.7 Å². The fourth-order valence-corrected chi connectivity index (χ4v) is 3.02. The molecule has 8 heteroatoms. The number of hydrogen-bond donors (Lipinski definition) is 2. The molecule has 146 valence electrons. The van der Waals surface area contributed by atoms with Crippen molar-refractivity contribution in [3.05, 3.63) is 32.3 Å². The van der Waals surface area contributed by atoms with Gasteiger partial charge in [-0.3, -0.25) is 10.1 Å². The maximum absolute atomic E-state index is 11.5. The SMILES string of the molecule is Cc1cc(Br)cc([N+](=O)[O-])c1N[C@@H](C)CCCCNC(=O)OC(C)(C)C. The molecule has 0 unspecified atom stereocenters. The highest BCUT2D eigenvalue weighted by atomic mass is 79.9. The number of hydrogen-bond acceptors (Lipinski definition) is 5. The van der Waals surface area contributed by atoms with Gasteiger partial charge in [-0.2, -0.15) is 0 Å². The predicted octanol–water partition coefficient (Wildman–Crippen LogP) is 5.16. The fourth-order valence-electron chi connectivity index (χ4n) is 2.46. The van der Waals surface area contributed by atoms with Gasteiger partial charge in [0, 0.05) is 23.1 Å². The van der Waals surface area contributed by atoms with Crippen LogP contribution in [0, 0.1) is 17.0 Å². The summed E-state index contributed by atoms with van der Waals surface area (Å²) in [6.45, 7) is 9.85. The zero-order valence-corrected chi connectivity index (χ0v) is 17.6. The fraction of sp³-hybridized carbons (Fsp3) is 0.611. The molecular weight excluding hydrogens is 402 g/mol. The number of amides is 1. The van der Waals surface area contributed by atoms with Gasteiger partial charge in [-0.15, -0.1) is 0 Å². The summed E-state index contributed by atoms with van der Waals surface area (Å²) in [5.41, 5.74) is 0.942. The molecule has 1 aromatic rings. The number of nitro benzene ring substituents is 1. The Kier molecular flexibility index (Phi) is 8.33. The number of carbonyl (C=O) groups is 1.